The van der Waals surface area contributed by atoms with Crippen LogP contribution < -0.4 is 0 Å². The third-order valence-electron chi connectivity index (χ3n) is 1.86. The third-order valence-corrected chi connectivity index (χ3v) is 3.47. The number of nitriles is 1. The minimum Gasteiger partial charge on any atom is -0.300 e. The second-order valence-corrected chi connectivity index (χ2v) is 5.98. The van der Waals surface area contributed by atoms with Crippen molar-refractivity contribution in [3.63, 3.8) is 0 Å². The predicted molar refractivity (Wildman–Crippen MR) is 63.1 cm³/mol. The molecule has 1 unspecified atom stereocenters. The zero-order valence-corrected chi connectivity index (χ0v) is 10.7. The molecular formula is C10H13BrN2S. The van der Waals surface area contributed by atoms with E-state index in [1.54, 1.807) is 11.3 Å². The summed E-state index contributed by atoms with van der Waals surface area (Å²) in [5.41, 5.74) is 0. The van der Waals surface area contributed by atoms with Crippen LogP contribution in [0.3, 0.4) is 0 Å². The molecule has 4 heteroatoms. The molecule has 1 atom stereocenters. The molecule has 0 aliphatic heterocycles. The Labute approximate surface area is 97.3 Å². The summed E-state index contributed by atoms with van der Waals surface area (Å²) in [4.78, 5) is 3.50. The summed E-state index contributed by atoms with van der Waals surface area (Å²) in [6.45, 7) is 3.69. The number of hydrogen-bond acceptors (Lipinski definition) is 3. The third kappa shape index (κ3) is 3.79. The molecule has 1 aromatic rings. The van der Waals surface area contributed by atoms with Crippen molar-refractivity contribution in [1.29, 1.82) is 5.26 Å². The van der Waals surface area contributed by atoms with Gasteiger partial charge in [0.25, 0.3) is 0 Å². The van der Waals surface area contributed by atoms with Crippen LogP contribution in [0.2, 0.25) is 0 Å². The fourth-order valence-electron chi connectivity index (χ4n) is 1.28. The second-order valence-electron chi connectivity index (χ2n) is 3.43. The molecule has 1 heterocycles. The number of nitrogens with zero attached hydrogens (tertiary/aromatic N) is 2. The van der Waals surface area contributed by atoms with E-state index in [1.807, 2.05) is 14.0 Å². The van der Waals surface area contributed by atoms with Crippen molar-refractivity contribution in [2.24, 2.45) is 5.92 Å². The van der Waals surface area contributed by atoms with Crippen LogP contribution in [0.25, 0.3) is 0 Å². The highest BCUT2D eigenvalue weighted by molar-refractivity contribution is 9.11. The molecule has 0 fully saturated rings. The lowest BCUT2D eigenvalue weighted by Crippen LogP contribution is -2.22. The molecule has 0 spiro atoms. The molecule has 0 aromatic carbocycles. The van der Waals surface area contributed by atoms with E-state index in [4.69, 9.17) is 5.26 Å². The van der Waals surface area contributed by atoms with Gasteiger partial charge in [-0.05, 0) is 42.0 Å². The molecule has 1 rings (SSSR count). The Kier molecular flexibility index (Phi) is 4.59. The molecule has 0 aliphatic rings. The number of thiophene rings is 1. The fourth-order valence-corrected chi connectivity index (χ4v) is 2.84. The van der Waals surface area contributed by atoms with E-state index in [0.717, 1.165) is 16.9 Å². The lowest BCUT2D eigenvalue weighted by atomic mass is 10.2. The van der Waals surface area contributed by atoms with Crippen molar-refractivity contribution in [3.8, 4) is 6.07 Å². The van der Waals surface area contributed by atoms with Gasteiger partial charge >= 0.3 is 0 Å². The average Bonchev–Trinajstić information content (AvgIpc) is 2.50. The van der Waals surface area contributed by atoms with Gasteiger partial charge in [-0.3, -0.25) is 0 Å². The van der Waals surface area contributed by atoms with Crippen LogP contribution in [0.15, 0.2) is 15.9 Å². The number of rotatable bonds is 4. The first kappa shape index (κ1) is 11.7. The van der Waals surface area contributed by atoms with E-state index in [1.165, 1.54) is 4.88 Å². The first-order valence-corrected chi connectivity index (χ1v) is 6.05. The SMILES string of the molecule is CC(C#N)CN(C)Cc1ccc(Br)s1. The molecule has 0 bridgehead atoms. The summed E-state index contributed by atoms with van der Waals surface area (Å²) < 4.78 is 1.16. The summed E-state index contributed by atoms with van der Waals surface area (Å²) in [6.07, 6.45) is 0. The topological polar surface area (TPSA) is 27.0 Å². The van der Waals surface area contributed by atoms with Gasteiger partial charge in [0.15, 0.2) is 0 Å². The van der Waals surface area contributed by atoms with Gasteiger partial charge in [-0.2, -0.15) is 5.26 Å². The molecule has 0 radical (unpaired) electrons. The van der Waals surface area contributed by atoms with Crippen LogP contribution in [0.4, 0.5) is 0 Å². The Balaban J connectivity index is 2.42. The van der Waals surface area contributed by atoms with E-state index < -0.39 is 0 Å². The molecule has 0 aliphatic carbocycles. The van der Waals surface area contributed by atoms with Crippen LogP contribution >= 0.6 is 27.3 Å². The fraction of sp³-hybridized carbons (Fsp3) is 0.500. The van der Waals surface area contributed by atoms with Gasteiger partial charge in [0.2, 0.25) is 0 Å². The zero-order chi connectivity index (χ0) is 10.6. The van der Waals surface area contributed by atoms with Gasteiger partial charge in [0.1, 0.15) is 0 Å². The van der Waals surface area contributed by atoms with E-state index in [9.17, 15) is 0 Å². The summed E-state index contributed by atoms with van der Waals surface area (Å²) >= 11 is 5.18. The van der Waals surface area contributed by atoms with Crippen molar-refractivity contribution in [2.45, 2.75) is 13.5 Å². The maximum atomic E-state index is 8.67. The maximum Gasteiger partial charge on any atom is 0.0701 e. The van der Waals surface area contributed by atoms with E-state index in [-0.39, 0.29) is 5.92 Å². The molecule has 0 saturated carbocycles. The Morgan fingerprint density at radius 1 is 1.64 bits per heavy atom. The van der Waals surface area contributed by atoms with Crippen LogP contribution in [-0.2, 0) is 6.54 Å². The van der Waals surface area contributed by atoms with Crippen molar-refractivity contribution < 1.29 is 0 Å². The van der Waals surface area contributed by atoms with E-state index in [0.29, 0.717) is 0 Å². The van der Waals surface area contributed by atoms with Gasteiger partial charge in [-0.15, -0.1) is 11.3 Å². The minimum absolute atomic E-state index is 0.100. The largest absolute Gasteiger partial charge is 0.300 e. The minimum atomic E-state index is 0.100. The van der Waals surface area contributed by atoms with Gasteiger partial charge < -0.3 is 4.90 Å². The van der Waals surface area contributed by atoms with Crippen LogP contribution in [-0.4, -0.2) is 18.5 Å². The molecule has 1 aromatic heterocycles. The van der Waals surface area contributed by atoms with Gasteiger partial charge in [-0.25, -0.2) is 0 Å². The Hall–Kier alpha value is -0.370. The van der Waals surface area contributed by atoms with Gasteiger partial charge in [-0.1, -0.05) is 0 Å². The highest BCUT2D eigenvalue weighted by Crippen LogP contribution is 2.23. The number of hydrogen-bond donors (Lipinski definition) is 0. The molecular weight excluding hydrogens is 260 g/mol. The highest BCUT2D eigenvalue weighted by atomic mass is 79.9. The van der Waals surface area contributed by atoms with Gasteiger partial charge in [0, 0.05) is 18.0 Å². The first-order valence-electron chi connectivity index (χ1n) is 4.44. The number of halogens is 1. The maximum absolute atomic E-state index is 8.67. The molecule has 76 valence electrons. The van der Waals surface area contributed by atoms with E-state index in [2.05, 4.69) is 39.0 Å². The average molecular weight is 273 g/mol. The lowest BCUT2D eigenvalue weighted by molar-refractivity contribution is 0.305. The summed E-state index contributed by atoms with van der Waals surface area (Å²) in [7, 11) is 2.04. The van der Waals surface area contributed by atoms with Crippen molar-refractivity contribution in [2.75, 3.05) is 13.6 Å². The zero-order valence-electron chi connectivity index (χ0n) is 8.33. The predicted octanol–water partition coefficient (Wildman–Crippen LogP) is 3.10. The van der Waals surface area contributed by atoms with Crippen LogP contribution in [0.5, 0.6) is 0 Å². The quantitative estimate of drug-likeness (QED) is 0.842. The molecule has 0 N–H and O–H groups in total. The smallest absolute Gasteiger partial charge is 0.0701 e. The Morgan fingerprint density at radius 3 is 2.86 bits per heavy atom. The van der Waals surface area contributed by atoms with Crippen molar-refractivity contribution >= 4 is 27.3 Å². The Bertz CT molecular complexity index is 329. The monoisotopic (exact) mass is 272 g/mol. The summed E-state index contributed by atoms with van der Waals surface area (Å²) in [6, 6.07) is 6.41. The van der Waals surface area contributed by atoms with E-state index >= 15 is 0 Å². The van der Waals surface area contributed by atoms with Crippen molar-refractivity contribution in [3.05, 3.63) is 20.8 Å². The van der Waals surface area contributed by atoms with Crippen molar-refractivity contribution in [1.82, 2.24) is 4.90 Å². The van der Waals surface area contributed by atoms with Gasteiger partial charge in [0.05, 0.1) is 15.8 Å². The highest BCUT2D eigenvalue weighted by Gasteiger charge is 2.06. The molecule has 0 amide bonds. The van der Waals surface area contributed by atoms with Crippen LogP contribution in [0, 0.1) is 17.2 Å². The second kappa shape index (κ2) is 5.50. The summed E-state index contributed by atoms with van der Waals surface area (Å²) in [5, 5.41) is 8.67. The Morgan fingerprint density at radius 2 is 2.36 bits per heavy atom. The molecule has 2 nitrogen and oxygen atoms in total. The van der Waals surface area contributed by atoms with Crippen LogP contribution in [0.1, 0.15) is 11.8 Å². The summed E-state index contributed by atoms with van der Waals surface area (Å²) in [5.74, 6) is 0.100. The normalized spacial score (nSPS) is 12.8. The lowest BCUT2D eigenvalue weighted by Gasteiger charge is -2.16. The molecule has 0 saturated heterocycles. The molecule has 14 heavy (non-hydrogen) atoms. The standard InChI is InChI=1S/C10H13BrN2S/c1-8(5-12)6-13(2)7-9-3-4-10(11)14-9/h3-4,8H,6-7H2,1-2H3. The first-order chi connectivity index (χ1) is 6.61.